The van der Waals surface area contributed by atoms with Gasteiger partial charge in [0, 0.05) is 13.0 Å². The zero-order chi connectivity index (χ0) is 9.26. The van der Waals surface area contributed by atoms with E-state index in [1.54, 1.807) is 6.20 Å². The van der Waals surface area contributed by atoms with Crippen LogP contribution in [-0.4, -0.2) is 21.2 Å². The number of hydrogen-bond donors (Lipinski definition) is 2. The van der Waals surface area contributed by atoms with E-state index in [-0.39, 0.29) is 6.10 Å². The zero-order valence-corrected chi connectivity index (χ0v) is 7.61. The second-order valence-electron chi connectivity index (χ2n) is 3.45. The molecule has 2 heterocycles. The molecule has 72 valence electrons. The predicted octanol–water partition coefficient (Wildman–Crippen LogP) is 0.211. The van der Waals surface area contributed by atoms with Gasteiger partial charge in [-0.3, -0.25) is 0 Å². The minimum Gasteiger partial charge on any atom is -0.387 e. The number of aromatic nitrogens is 2. The van der Waals surface area contributed by atoms with Crippen molar-refractivity contribution in [3.63, 3.8) is 0 Å². The smallest absolute Gasteiger partial charge is 0.110 e. The van der Waals surface area contributed by atoms with Gasteiger partial charge in [0.25, 0.3) is 0 Å². The average Bonchev–Trinajstić information content (AvgIpc) is 2.51. The summed E-state index contributed by atoms with van der Waals surface area (Å²) in [5.74, 6) is 1.01. The van der Waals surface area contributed by atoms with E-state index in [1.807, 2.05) is 0 Å². The molecule has 3 N–H and O–H groups in total. The SMILES string of the molecule is NCCc1ncc2n1CCCC2O. The highest BCUT2D eigenvalue weighted by atomic mass is 16.3. The maximum atomic E-state index is 9.65. The van der Waals surface area contributed by atoms with Crippen molar-refractivity contribution < 1.29 is 5.11 Å². The zero-order valence-electron chi connectivity index (χ0n) is 7.61. The van der Waals surface area contributed by atoms with Gasteiger partial charge in [-0.15, -0.1) is 0 Å². The molecule has 0 amide bonds. The Labute approximate surface area is 77.4 Å². The fourth-order valence-electron chi connectivity index (χ4n) is 1.87. The third-order valence-electron chi connectivity index (χ3n) is 2.54. The number of nitrogens with zero attached hydrogens (tertiary/aromatic N) is 2. The van der Waals surface area contributed by atoms with Crippen LogP contribution in [0.5, 0.6) is 0 Å². The summed E-state index contributed by atoms with van der Waals surface area (Å²) in [6, 6.07) is 0. The van der Waals surface area contributed by atoms with Gasteiger partial charge in [0.15, 0.2) is 0 Å². The highest BCUT2D eigenvalue weighted by Crippen LogP contribution is 2.25. The lowest BCUT2D eigenvalue weighted by molar-refractivity contribution is 0.138. The summed E-state index contributed by atoms with van der Waals surface area (Å²) in [4.78, 5) is 4.26. The van der Waals surface area contributed by atoms with Crippen molar-refractivity contribution in [2.45, 2.75) is 31.9 Å². The molecule has 1 aliphatic rings. The maximum absolute atomic E-state index is 9.65. The topological polar surface area (TPSA) is 64.1 Å². The van der Waals surface area contributed by atoms with Gasteiger partial charge in [-0.1, -0.05) is 0 Å². The Morgan fingerprint density at radius 1 is 1.69 bits per heavy atom. The fraction of sp³-hybridized carbons (Fsp3) is 0.667. The molecule has 0 saturated heterocycles. The molecule has 4 heteroatoms. The molecule has 1 unspecified atom stereocenters. The van der Waals surface area contributed by atoms with E-state index in [4.69, 9.17) is 5.73 Å². The summed E-state index contributed by atoms with van der Waals surface area (Å²) in [6.45, 7) is 1.59. The number of fused-ring (bicyclic) bond motifs is 1. The van der Waals surface area contributed by atoms with Crippen LogP contribution in [0.25, 0.3) is 0 Å². The molecule has 1 aromatic heterocycles. The average molecular weight is 181 g/mol. The lowest BCUT2D eigenvalue weighted by atomic mass is 10.1. The number of aliphatic hydroxyl groups excluding tert-OH is 1. The van der Waals surface area contributed by atoms with Gasteiger partial charge in [-0.2, -0.15) is 0 Å². The van der Waals surface area contributed by atoms with Gasteiger partial charge in [0.2, 0.25) is 0 Å². The van der Waals surface area contributed by atoms with E-state index < -0.39 is 0 Å². The lowest BCUT2D eigenvalue weighted by Crippen LogP contribution is -2.18. The largest absolute Gasteiger partial charge is 0.387 e. The molecule has 0 spiro atoms. The molecular weight excluding hydrogens is 166 g/mol. The van der Waals surface area contributed by atoms with E-state index in [9.17, 15) is 5.11 Å². The molecule has 13 heavy (non-hydrogen) atoms. The summed E-state index contributed by atoms with van der Waals surface area (Å²) in [5, 5.41) is 9.65. The molecule has 1 aliphatic heterocycles. The van der Waals surface area contributed by atoms with Crippen LogP contribution < -0.4 is 5.73 Å². The van der Waals surface area contributed by atoms with Gasteiger partial charge in [-0.25, -0.2) is 4.98 Å². The van der Waals surface area contributed by atoms with Crippen molar-refractivity contribution in [1.82, 2.24) is 9.55 Å². The van der Waals surface area contributed by atoms with Gasteiger partial charge in [-0.05, 0) is 19.4 Å². The molecule has 0 radical (unpaired) electrons. The second-order valence-corrected chi connectivity index (χ2v) is 3.45. The third kappa shape index (κ3) is 1.47. The molecule has 4 nitrogen and oxygen atoms in total. The van der Waals surface area contributed by atoms with Gasteiger partial charge < -0.3 is 15.4 Å². The van der Waals surface area contributed by atoms with E-state index in [0.29, 0.717) is 6.54 Å². The van der Waals surface area contributed by atoms with Crippen LogP contribution in [0.4, 0.5) is 0 Å². The fourth-order valence-corrected chi connectivity index (χ4v) is 1.87. The molecule has 0 bridgehead atoms. The van der Waals surface area contributed by atoms with Crippen molar-refractivity contribution in [2.75, 3.05) is 6.54 Å². The minimum atomic E-state index is -0.326. The molecule has 1 atom stereocenters. The molecule has 0 aromatic carbocycles. The summed E-state index contributed by atoms with van der Waals surface area (Å²) >= 11 is 0. The van der Waals surface area contributed by atoms with Crippen molar-refractivity contribution in [2.24, 2.45) is 5.73 Å². The van der Waals surface area contributed by atoms with Crippen LogP contribution in [0, 0.1) is 0 Å². The van der Waals surface area contributed by atoms with Crippen molar-refractivity contribution >= 4 is 0 Å². The number of nitrogens with two attached hydrogens (primary N) is 1. The van der Waals surface area contributed by atoms with Crippen LogP contribution in [-0.2, 0) is 13.0 Å². The van der Waals surface area contributed by atoms with Crippen molar-refractivity contribution in [3.8, 4) is 0 Å². The quantitative estimate of drug-likeness (QED) is 0.685. The van der Waals surface area contributed by atoms with Gasteiger partial charge in [0.05, 0.1) is 18.0 Å². The Morgan fingerprint density at radius 2 is 2.54 bits per heavy atom. The summed E-state index contributed by atoms with van der Waals surface area (Å²) in [7, 11) is 0. The number of aliphatic hydroxyl groups is 1. The molecule has 0 saturated carbocycles. The minimum absolute atomic E-state index is 0.326. The normalized spacial score (nSPS) is 21.5. The molecule has 0 aliphatic carbocycles. The van der Waals surface area contributed by atoms with E-state index in [2.05, 4.69) is 9.55 Å². The Balaban J connectivity index is 2.30. The number of imidazole rings is 1. The lowest BCUT2D eigenvalue weighted by Gasteiger charge is -2.21. The monoisotopic (exact) mass is 181 g/mol. The first-order chi connectivity index (χ1) is 6.33. The van der Waals surface area contributed by atoms with Crippen LogP contribution in [0.3, 0.4) is 0 Å². The molecule has 1 aromatic rings. The maximum Gasteiger partial charge on any atom is 0.110 e. The highest BCUT2D eigenvalue weighted by molar-refractivity contribution is 5.11. The van der Waals surface area contributed by atoms with Gasteiger partial charge >= 0.3 is 0 Å². The summed E-state index contributed by atoms with van der Waals surface area (Å²) < 4.78 is 2.10. The first kappa shape index (κ1) is 8.72. The summed E-state index contributed by atoms with van der Waals surface area (Å²) in [6.07, 6.45) is 4.13. The number of hydrogen-bond acceptors (Lipinski definition) is 3. The first-order valence-corrected chi connectivity index (χ1v) is 4.75. The number of rotatable bonds is 2. The van der Waals surface area contributed by atoms with Crippen LogP contribution in [0.1, 0.15) is 30.5 Å². The third-order valence-corrected chi connectivity index (χ3v) is 2.54. The van der Waals surface area contributed by atoms with Crippen molar-refractivity contribution in [1.29, 1.82) is 0 Å². The second kappa shape index (κ2) is 3.47. The van der Waals surface area contributed by atoms with Crippen LogP contribution in [0.15, 0.2) is 6.20 Å². The predicted molar refractivity (Wildman–Crippen MR) is 49.2 cm³/mol. The van der Waals surface area contributed by atoms with Crippen LogP contribution >= 0.6 is 0 Å². The van der Waals surface area contributed by atoms with Gasteiger partial charge in [0.1, 0.15) is 5.82 Å². The first-order valence-electron chi connectivity index (χ1n) is 4.75. The molecule has 2 rings (SSSR count). The highest BCUT2D eigenvalue weighted by Gasteiger charge is 2.20. The van der Waals surface area contributed by atoms with Crippen LogP contribution in [0.2, 0.25) is 0 Å². The van der Waals surface area contributed by atoms with E-state index in [1.165, 1.54) is 0 Å². The Hall–Kier alpha value is -0.870. The molecule has 0 fully saturated rings. The standard InChI is InChI=1S/C9H15N3O/c10-4-3-9-11-6-7-8(13)2-1-5-12(7)9/h6,8,13H,1-5,10H2. The van der Waals surface area contributed by atoms with E-state index in [0.717, 1.165) is 37.3 Å². The molecular formula is C9H15N3O. The Morgan fingerprint density at radius 3 is 3.31 bits per heavy atom. The summed E-state index contributed by atoms with van der Waals surface area (Å²) in [5.41, 5.74) is 6.43. The Bertz CT molecular complexity index is 295. The van der Waals surface area contributed by atoms with Crippen molar-refractivity contribution in [3.05, 3.63) is 17.7 Å². The van der Waals surface area contributed by atoms with E-state index >= 15 is 0 Å². The Kier molecular flexibility index (Phi) is 2.33.